The molecule has 0 aliphatic carbocycles. The van der Waals surface area contributed by atoms with Crippen LogP contribution in [0.1, 0.15) is 11.5 Å². The number of nitrogens with one attached hydrogen (secondary N) is 1. The maximum atomic E-state index is 12.9. The number of ether oxygens (including phenoxy) is 1. The van der Waals surface area contributed by atoms with Crippen molar-refractivity contribution in [1.82, 2.24) is 19.9 Å². The topological polar surface area (TPSA) is 108 Å². The van der Waals surface area contributed by atoms with E-state index in [1.54, 1.807) is 0 Å². The Kier molecular flexibility index (Phi) is 5.68. The number of hydrogen-bond donors (Lipinski definition) is 2. The highest BCUT2D eigenvalue weighted by atomic mass is 32.2. The number of benzene rings is 1. The van der Waals surface area contributed by atoms with Crippen molar-refractivity contribution in [1.29, 1.82) is 0 Å². The Morgan fingerprint density at radius 3 is 2.85 bits per heavy atom. The lowest BCUT2D eigenvalue weighted by Gasteiger charge is -2.06. The number of nitrogen functional groups attached to an aromatic ring is 1. The van der Waals surface area contributed by atoms with E-state index in [0.717, 1.165) is 17.5 Å². The number of nitrogens with two attached hydrogens (primary N) is 1. The molecule has 0 saturated carbocycles. The van der Waals surface area contributed by atoms with E-state index in [4.69, 9.17) is 10.6 Å². The fourth-order valence-corrected chi connectivity index (χ4v) is 3.26. The Labute approximate surface area is 156 Å². The first-order valence-corrected chi connectivity index (χ1v) is 9.30. The maximum Gasteiger partial charge on any atom is 0.236 e. The maximum absolute atomic E-state index is 12.9. The number of carbonyl (C=O) groups is 1. The Morgan fingerprint density at radius 1 is 1.38 bits per heavy atom. The van der Waals surface area contributed by atoms with Crippen LogP contribution in [0.2, 0.25) is 0 Å². The summed E-state index contributed by atoms with van der Waals surface area (Å²) in [4.78, 5) is 16.1. The number of rotatable bonds is 7. The summed E-state index contributed by atoms with van der Waals surface area (Å²) in [5.74, 6) is 6.36. The van der Waals surface area contributed by atoms with E-state index in [1.165, 1.54) is 40.3 Å². The molecule has 0 aliphatic rings. The largest absolute Gasteiger partial charge is 0.486 e. The summed E-state index contributed by atoms with van der Waals surface area (Å²) in [6.07, 6.45) is 0. The van der Waals surface area contributed by atoms with Gasteiger partial charge in [0.2, 0.25) is 11.1 Å². The minimum absolute atomic E-state index is 0.0697. The molecule has 1 aromatic carbocycles. The minimum atomic E-state index is -0.343. The van der Waals surface area contributed by atoms with Crippen LogP contribution in [-0.4, -0.2) is 31.5 Å². The van der Waals surface area contributed by atoms with Gasteiger partial charge in [-0.1, -0.05) is 11.8 Å². The first-order valence-electron chi connectivity index (χ1n) is 7.44. The molecule has 0 aliphatic heterocycles. The van der Waals surface area contributed by atoms with E-state index in [2.05, 4.69) is 20.5 Å². The molecule has 26 heavy (non-hydrogen) atoms. The quantitative estimate of drug-likeness (QED) is 0.467. The molecule has 1 amide bonds. The molecule has 3 N–H and O–H groups in total. The molecular formula is C15H15FN6O2S2. The number of hydrogen-bond acceptors (Lipinski definition) is 8. The molecule has 0 atom stereocenters. The van der Waals surface area contributed by atoms with Crippen molar-refractivity contribution in [2.24, 2.45) is 0 Å². The highest BCUT2D eigenvalue weighted by molar-refractivity contribution is 7.99. The van der Waals surface area contributed by atoms with Gasteiger partial charge < -0.3 is 15.9 Å². The number of thiazole rings is 1. The Hall–Kier alpha value is -2.66. The minimum Gasteiger partial charge on any atom is -0.486 e. The number of halogens is 1. The fourth-order valence-electron chi connectivity index (χ4n) is 1.88. The van der Waals surface area contributed by atoms with Crippen LogP contribution in [0.15, 0.2) is 34.8 Å². The third-order valence-corrected chi connectivity index (χ3v) is 4.93. The number of amides is 1. The van der Waals surface area contributed by atoms with E-state index in [-0.39, 0.29) is 24.1 Å². The van der Waals surface area contributed by atoms with Crippen LogP contribution in [0, 0.1) is 12.7 Å². The van der Waals surface area contributed by atoms with Crippen molar-refractivity contribution in [2.45, 2.75) is 18.7 Å². The second-order valence-corrected chi connectivity index (χ2v) is 6.94. The van der Waals surface area contributed by atoms with Crippen LogP contribution in [-0.2, 0) is 11.4 Å². The van der Waals surface area contributed by atoms with Gasteiger partial charge in [-0.05, 0) is 31.2 Å². The van der Waals surface area contributed by atoms with Crippen LogP contribution in [0.25, 0.3) is 0 Å². The molecule has 11 heteroatoms. The first kappa shape index (κ1) is 18.1. The summed E-state index contributed by atoms with van der Waals surface area (Å²) in [6, 6.07) is 5.61. The van der Waals surface area contributed by atoms with Crippen molar-refractivity contribution >= 4 is 34.1 Å². The number of aromatic nitrogens is 4. The predicted molar refractivity (Wildman–Crippen MR) is 97.1 cm³/mol. The third kappa shape index (κ3) is 4.70. The lowest BCUT2D eigenvalue weighted by atomic mass is 10.3. The second kappa shape index (κ2) is 8.15. The lowest BCUT2D eigenvalue weighted by Crippen LogP contribution is -2.18. The fraction of sp³-hybridized carbons (Fsp3) is 0.200. The smallest absolute Gasteiger partial charge is 0.236 e. The van der Waals surface area contributed by atoms with Crippen LogP contribution < -0.4 is 15.9 Å². The summed E-state index contributed by atoms with van der Waals surface area (Å²) in [7, 11) is 0. The molecule has 0 saturated heterocycles. The number of anilines is 1. The molecule has 8 nitrogen and oxygen atoms in total. The van der Waals surface area contributed by atoms with Crippen molar-refractivity contribution in [3.05, 3.63) is 47.0 Å². The summed E-state index contributed by atoms with van der Waals surface area (Å²) in [5, 5.41) is 13.4. The van der Waals surface area contributed by atoms with Crippen molar-refractivity contribution in [3.63, 3.8) is 0 Å². The molecule has 3 rings (SSSR count). The van der Waals surface area contributed by atoms with Gasteiger partial charge in [-0.2, -0.15) is 0 Å². The van der Waals surface area contributed by atoms with E-state index in [9.17, 15) is 9.18 Å². The van der Waals surface area contributed by atoms with E-state index >= 15 is 0 Å². The Bertz CT molecular complexity index is 896. The van der Waals surface area contributed by atoms with Gasteiger partial charge in [0, 0.05) is 5.38 Å². The van der Waals surface area contributed by atoms with Gasteiger partial charge >= 0.3 is 0 Å². The molecule has 3 aromatic rings. The zero-order chi connectivity index (χ0) is 18.5. The number of aryl methyl sites for hydroxylation is 1. The Balaban J connectivity index is 1.51. The van der Waals surface area contributed by atoms with Gasteiger partial charge in [-0.3, -0.25) is 4.79 Å². The monoisotopic (exact) mass is 394 g/mol. The average Bonchev–Trinajstić information content (AvgIpc) is 3.18. The van der Waals surface area contributed by atoms with Gasteiger partial charge in [-0.25, -0.2) is 14.1 Å². The Morgan fingerprint density at radius 2 is 2.15 bits per heavy atom. The molecule has 0 fully saturated rings. The van der Waals surface area contributed by atoms with Crippen LogP contribution in [0.3, 0.4) is 0 Å². The molecule has 0 radical (unpaired) electrons. The molecule has 2 aromatic heterocycles. The van der Waals surface area contributed by atoms with Crippen LogP contribution >= 0.6 is 23.1 Å². The number of carbonyl (C=O) groups excluding carboxylic acids is 1. The molecular weight excluding hydrogens is 379 g/mol. The van der Waals surface area contributed by atoms with Crippen molar-refractivity contribution in [2.75, 3.05) is 16.9 Å². The number of nitrogens with zero attached hydrogens (tertiary/aromatic N) is 4. The van der Waals surface area contributed by atoms with E-state index in [0.29, 0.717) is 21.9 Å². The molecule has 0 spiro atoms. The third-order valence-electron chi connectivity index (χ3n) is 3.11. The van der Waals surface area contributed by atoms with Gasteiger partial charge in [0.15, 0.2) is 11.0 Å². The summed E-state index contributed by atoms with van der Waals surface area (Å²) < 4.78 is 19.6. The van der Waals surface area contributed by atoms with Crippen molar-refractivity contribution in [3.8, 4) is 5.75 Å². The molecule has 136 valence electrons. The average molecular weight is 394 g/mol. The highest BCUT2D eigenvalue weighted by Crippen LogP contribution is 2.18. The van der Waals surface area contributed by atoms with Gasteiger partial charge in [-0.15, -0.1) is 21.5 Å². The highest BCUT2D eigenvalue weighted by Gasteiger charge is 2.13. The van der Waals surface area contributed by atoms with Gasteiger partial charge in [0.05, 0.1) is 11.4 Å². The zero-order valence-corrected chi connectivity index (χ0v) is 15.3. The summed E-state index contributed by atoms with van der Waals surface area (Å²) >= 11 is 2.51. The normalized spacial score (nSPS) is 10.7. The second-order valence-electron chi connectivity index (χ2n) is 5.14. The lowest BCUT2D eigenvalue weighted by molar-refractivity contribution is -0.113. The number of thioether (sulfide) groups is 1. The van der Waals surface area contributed by atoms with E-state index < -0.39 is 0 Å². The molecule has 0 unspecified atom stereocenters. The van der Waals surface area contributed by atoms with E-state index in [1.807, 2.05) is 12.3 Å². The molecule has 2 heterocycles. The zero-order valence-electron chi connectivity index (χ0n) is 13.7. The predicted octanol–water partition coefficient (Wildman–Crippen LogP) is 2.21. The van der Waals surface area contributed by atoms with Crippen LogP contribution in [0.4, 0.5) is 9.52 Å². The first-order chi connectivity index (χ1) is 12.5. The molecule has 0 bridgehead atoms. The van der Waals surface area contributed by atoms with Gasteiger partial charge in [0.25, 0.3) is 0 Å². The SMILES string of the molecule is Cc1csc(NC(=O)CSc2nnc(COc3ccc(F)cc3)n2N)n1. The summed E-state index contributed by atoms with van der Waals surface area (Å²) in [5.41, 5.74) is 0.852. The van der Waals surface area contributed by atoms with Crippen LogP contribution in [0.5, 0.6) is 5.75 Å². The van der Waals surface area contributed by atoms with Crippen molar-refractivity contribution < 1.29 is 13.9 Å². The summed E-state index contributed by atoms with van der Waals surface area (Å²) in [6.45, 7) is 1.92. The van der Waals surface area contributed by atoms with Gasteiger partial charge in [0.1, 0.15) is 18.2 Å². The standard InChI is InChI=1S/C15H15FN6O2S2/c1-9-7-25-14(18-9)19-13(23)8-26-15-21-20-12(22(15)17)6-24-11-4-2-10(16)3-5-11/h2-5,7H,6,8,17H2,1H3,(H,18,19,23).